The van der Waals surface area contributed by atoms with Crippen molar-refractivity contribution in [2.75, 3.05) is 0 Å². The van der Waals surface area contributed by atoms with E-state index in [9.17, 15) is 4.79 Å². The molecular formula is C11H9ClN2O2. The number of hydrogen-bond donors (Lipinski definition) is 0. The minimum absolute atomic E-state index is 0.221. The number of rotatable bonds is 4. The molecule has 1 aromatic carbocycles. The van der Waals surface area contributed by atoms with E-state index in [-0.39, 0.29) is 6.54 Å². The van der Waals surface area contributed by atoms with Gasteiger partial charge in [-0.15, -0.1) is 0 Å². The average Bonchev–Trinajstić information content (AvgIpc) is 2.66. The van der Waals surface area contributed by atoms with Crippen LogP contribution >= 0.6 is 11.6 Å². The van der Waals surface area contributed by atoms with E-state index in [1.165, 1.54) is 4.68 Å². The summed E-state index contributed by atoms with van der Waals surface area (Å²) < 4.78 is 7.00. The molecule has 0 fully saturated rings. The Kier molecular flexibility index (Phi) is 3.22. The molecule has 5 heteroatoms. The zero-order valence-corrected chi connectivity index (χ0v) is 9.09. The van der Waals surface area contributed by atoms with Crippen molar-refractivity contribution in [1.82, 2.24) is 9.78 Å². The molecule has 0 aliphatic carbocycles. The summed E-state index contributed by atoms with van der Waals surface area (Å²) in [7, 11) is 0. The number of ether oxygens (including phenoxy) is 1. The minimum atomic E-state index is 0.221. The summed E-state index contributed by atoms with van der Waals surface area (Å²) in [5, 5.41) is 4.56. The smallest absolute Gasteiger partial charge is 0.165 e. The van der Waals surface area contributed by atoms with Crippen LogP contribution in [0, 0.1) is 0 Å². The maximum atomic E-state index is 10.3. The van der Waals surface area contributed by atoms with Gasteiger partial charge in [-0.2, -0.15) is 5.10 Å². The molecule has 0 unspecified atom stereocenters. The van der Waals surface area contributed by atoms with Crippen LogP contribution in [-0.4, -0.2) is 16.1 Å². The zero-order chi connectivity index (χ0) is 11.4. The van der Waals surface area contributed by atoms with Gasteiger partial charge in [-0.3, -0.25) is 4.68 Å². The predicted molar refractivity (Wildman–Crippen MR) is 59.8 cm³/mol. The third-order valence-electron chi connectivity index (χ3n) is 1.90. The molecule has 0 radical (unpaired) electrons. The standard InChI is InChI=1S/C11H9ClN2O2/c12-9-2-1-3-10(6-9)16-11-7-13-14(8-11)4-5-15/h1-3,5-8H,4H2. The van der Waals surface area contributed by atoms with E-state index in [2.05, 4.69) is 5.10 Å². The van der Waals surface area contributed by atoms with E-state index < -0.39 is 0 Å². The normalized spacial score (nSPS) is 10.1. The lowest BCUT2D eigenvalue weighted by Crippen LogP contribution is -1.97. The van der Waals surface area contributed by atoms with Crippen LogP contribution in [0.25, 0.3) is 0 Å². The highest BCUT2D eigenvalue weighted by atomic mass is 35.5. The van der Waals surface area contributed by atoms with E-state index in [1.54, 1.807) is 36.7 Å². The molecule has 16 heavy (non-hydrogen) atoms. The van der Waals surface area contributed by atoms with Gasteiger partial charge in [-0.25, -0.2) is 0 Å². The van der Waals surface area contributed by atoms with Crippen LogP contribution in [0.3, 0.4) is 0 Å². The van der Waals surface area contributed by atoms with Gasteiger partial charge in [0.1, 0.15) is 12.0 Å². The summed E-state index contributed by atoms with van der Waals surface area (Å²) in [4.78, 5) is 10.3. The van der Waals surface area contributed by atoms with E-state index >= 15 is 0 Å². The summed E-state index contributed by atoms with van der Waals surface area (Å²) in [5.74, 6) is 1.21. The predicted octanol–water partition coefficient (Wildman–Crippen LogP) is 2.53. The topological polar surface area (TPSA) is 44.1 Å². The first-order chi connectivity index (χ1) is 7.78. The maximum Gasteiger partial charge on any atom is 0.165 e. The van der Waals surface area contributed by atoms with Gasteiger partial charge in [0.15, 0.2) is 5.75 Å². The molecule has 0 N–H and O–H groups in total. The molecular weight excluding hydrogens is 228 g/mol. The lowest BCUT2D eigenvalue weighted by atomic mass is 10.3. The number of carbonyl (C=O) groups is 1. The van der Waals surface area contributed by atoms with E-state index in [0.717, 1.165) is 6.29 Å². The highest BCUT2D eigenvalue weighted by molar-refractivity contribution is 6.30. The Bertz CT molecular complexity index is 496. The highest BCUT2D eigenvalue weighted by Gasteiger charge is 2.01. The molecule has 0 bridgehead atoms. The van der Waals surface area contributed by atoms with Crippen molar-refractivity contribution in [3.8, 4) is 11.5 Å². The summed E-state index contributed by atoms with van der Waals surface area (Å²) in [6.45, 7) is 0.221. The maximum absolute atomic E-state index is 10.3. The van der Waals surface area contributed by atoms with Gasteiger partial charge < -0.3 is 9.53 Å². The van der Waals surface area contributed by atoms with Crippen LogP contribution in [0.2, 0.25) is 5.02 Å². The van der Waals surface area contributed by atoms with Gasteiger partial charge in [-0.1, -0.05) is 17.7 Å². The Morgan fingerprint density at radius 1 is 1.44 bits per heavy atom. The second-order valence-corrected chi connectivity index (χ2v) is 3.56. The van der Waals surface area contributed by atoms with E-state index in [0.29, 0.717) is 16.5 Å². The summed E-state index contributed by atoms with van der Waals surface area (Å²) >= 11 is 5.82. The Balaban J connectivity index is 2.11. The second kappa shape index (κ2) is 4.81. The number of hydrogen-bond acceptors (Lipinski definition) is 3. The highest BCUT2D eigenvalue weighted by Crippen LogP contribution is 2.23. The fourth-order valence-corrected chi connectivity index (χ4v) is 1.42. The summed E-state index contributed by atoms with van der Waals surface area (Å²) in [6, 6.07) is 7.07. The Hall–Kier alpha value is -1.81. The number of halogens is 1. The quantitative estimate of drug-likeness (QED) is 0.767. The molecule has 1 aromatic heterocycles. The van der Waals surface area contributed by atoms with Gasteiger partial charge in [-0.05, 0) is 18.2 Å². The SMILES string of the molecule is O=CCn1cc(Oc2cccc(Cl)c2)cn1. The number of nitrogens with zero attached hydrogens (tertiary/aromatic N) is 2. The van der Waals surface area contributed by atoms with E-state index in [4.69, 9.17) is 16.3 Å². The number of aromatic nitrogens is 2. The van der Waals surface area contributed by atoms with Gasteiger partial charge >= 0.3 is 0 Å². The van der Waals surface area contributed by atoms with E-state index in [1.807, 2.05) is 0 Å². The van der Waals surface area contributed by atoms with Gasteiger partial charge in [0.05, 0.1) is 18.9 Å². The molecule has 0 saturated carbocycles. The molecule has 0 aliphatic heterocycles. The Morgan fingerprint density at radius 3 is 3.06 bits per heavy atom. The molecule has 0 saturated heterocycles. The van der Waals surface area contributed by atoms with Crippen LogP contribution in [0.5, 0.6) is 11.5 Å². The van der Waals surface area contributed by atoms with Crippen LogP contribution in [0.4, 0.5) is 0 Å². The van der Waals surface area contributed by atoms with Crippen LogP contribution in [0.15, 0.2) is 36.7 Å². The van der Waals surface area contributed by atoms with Crippen LogP contribution < -0.4 is 4.74 Å². The third kappa shape index (κ3) is 2.61. The van der Waals surface area contributed by atoms with Crippen molar-refractivity contribution >= 4 is 17.9 Å². The first-order valence-corrected chi connectivity index (χ1v) is 5.05. The molecule has 2 rings (SSSR count). The van der Waals surface area contributed by atoms with Crippen molar-refractivity contribution in [2.45, 2.75) is 6.54 Å². The van der Waals surface area contributed by atoms with Crippen molar-refractivity contribution in [2.24, 2.45) is 0 Å². The lowest BCUT2D eigenvalue weighted by Gasteiger charge is -2.01. The molecule has 0 atom stereocenters. The third-order valence-corrected chi connectivity index (χ3v) is 2.14. The van der Waals surface area contributed by atoms with Crippen molar-refractivity contribution in [1.29, 1.82) is 0 Å². The number of benzene rings is 1. The molecule has 2 aromatic rings. The van der Waals surface area contributed by atoms with Gasteiger partial charge in [0.2, 0.25) is 0 Å². The Labute approximate surface area is 97.4 Å². The first kappa shape index (κ1) is 10.7. The van der Waals surface area contributed by atoms with Crippen LogP contribution in [-0.2, 0) is 11.3 Å². The monoisotopic (exact) mass is 236 g/mol. The van der Waals surface area contributed by atoms with Crippen molar-refractivity contribution in [3.05, 3.63) is 41.7 Å². The van der Waals surface area contributed by atoms with Crippen molar-refractivity contribution in [3.63, 3.8) is 0 Å². The largest absolute Gasteiger partial charge is 0.454 e. The van der Waals surface area contributed by atoms with Gasteiger partial charge in [0, 0.05) is 5.02 Å². The summed E-state index contributed by atoms with van der Waals surface area (Å²) in [6.07, 6.45) is 3.97. The summed E-state index contributed by atoms with van der Waals surface area (Å²) in [5.41, 5.74) is 0. The number of carbonyl (C=O) groups excluding carboxylic acids is 1. The molecule has 0 spiro atoms. The van der Waals surface area contributed by atoms with Crippen LogP contribution in [0.1, 0.15) is 0 Å². The van der Waals surface area contributed by atoms with Crippen molar-refractivity contribution < 1.29 is 9.53 Å². The zero-order valence-electron chi connectivity index (χ0n) is 8.34. The lowest BCUT2D eigenvalue weighted by molar-refractivity contribution is -0.108. The fourth-order valence-electron chi connectivity index (χ4n) is 1.24. The molecule has 0 amide bonds. The second-order valence-electron chi connectivity index (χ2n) is 3.12. The average molecular weight is 237 g/mol. The molecule has 4 nitrogen and oxygen atoms in total. The molecule has 0 aliphatic rings. The number of aldehydes is 1. The Morgan fingerprint density at radius 2 is 2.31 bits per heavy atom. The minimum Gasteiger partial charge on any atom is -0.454 e. The molecule has 1 heterocycles. The fraction of sp³-hybridized carbons (Fsp3) is 0.0909. The first-order valence-electron chi connectivity index (χ1n) is 4.67. The van der Waals surface area contributed by atoms with Gasteiger partial charge in [0.25, 0.3) is 0 Å². The molecule has 82 valence electrons.